The third-order valence-electron chi connectivity index (χ3n) is 5.74. The number of nitrogens with zero attached hydrogens (tertiary/aromatic N) is 2. The van der Waals surface area contributed by atoms with E-state index in [4.69, 9.17) is 11.6 Å². The van der Waals surface area contributed by atoms with E-state index < -0.39 is 17.6 Å². The summed E-state index contributed by atoms with van der Waals surface area (Å²) in [4.78, 5) is 32.4. The number of amides is 1. The Bertz CT molecular complexity index is 1320. The molecule has 0 saturated heterocycles. The van der Waals surface area contributed by atoms with Gasteiger partial charge in [0.25, 0.3) is 5.91 Å². The standard InChI is InChI=1S/C26H20ClN3O2/c27-19-9-7-17(8-10-19)15-30-16-22(21-5-1-2-6-24(21)30)25(31)26(32)29-20-11-12-23-18(14-20)4-3-13-28-23/h1-14,22H,15-16H2,(H,29,32). The van der Waals surface area contributed by atoms with Crippen LogP contribution in [0, 0.1) is 0 Å². The molecule has 1 amide bonds. The topological polar surface area (TPSA) is 62.3 Å². The summed E-state index contributed by atoms with van der Waals surface area (Å²) in [6.07, 6.45) is 1.72. The van der Waals surface area contributed by atoms with Crippen LogP contribution in [0.5, 0.6) is 0 Å². The van der Waals surface area contributed by atoms with E-state index in [1.165, 1.54) is 0 Å². The van der Waals surface area contributed by atoms with Crippen LogP contribution in [0.3, 0.4) is 0 Å². The summed E-state index contributed by atoms with van der Waals surface area (Å²) in [5, 5.41) is 4.35. The van der Waals surface area contributed by atoms with Crippen molar-refractivity contribution < 1.29 is 9.59 Å². The molecule has 0 bridgehead atoms. The van der Waals surface area contributed by atoms with Crippen molar-refractivity contribution in [1.82, 2.24) is 4.98 Å². The minimum Gasteiger partial charge on any atom is -0.366 e. The Kier molecular flexibility index (Phi) is 5.33. The third kappa shape index (κ3) is 3.95. The number of carbonyl (C=O) groups excluding carboxylic acids is 2. The SMILES string of the molecule is O=C(Nc1ccc2ncccc2c1)C(=O)C1CN(Cc2ccc(Cl)cc2)c2ccccc21. The summed E-state index contributed by atoms with van der Waals surface area (Å²) in [6, 6.07) is 24.6. The van der Waals surface area contributed by atoms with E-state index in [0.29, 0.717) is 23.8 Å². The van der Waals surface area contributed by atoms with Gasteiger partial charge in [-0.05, 0) is 53.6 Å². The molecule has 3 aromatic carbocycles. The number of anilines is 2. The van der Waals surface area contributed by atoms with Gasteiger partial charge in [0.05, 0.1) is 11.4 Å². The lowest BCUT2D eigenvalue weighted by molar-refractivity contribution is -0.135. The summed E-state index contributed by atoms with van der Waals surface area (Å²) in [5.74, 6) is -1.57. The average Bonchev–Trinajstić information content (AvgIpc) is 3.18. The zero-order chi connectivity index (χ0) is 22.1. The molecule has 158 valence electrons. The Labute approximate surface area is 190 Å². The zero-order valence-corrected chi connectivity index (χ0v) is 17.9. The Morgan fingerprint density at radius 2 is 1.81 bits per heavy atom. The first-order valence-corrected chi connectivity index (χ1v) is 10.7. The first-order valence-electron chi connectivity index (χ1n) is 10.4. The van der Waals surface area contributed by atoms with Gasteiger partial charge in [0.1, 0.15) is 0 Å². The monoisotopic (exact) mass is 441 g/mol. The van der Waals surface area contributed by atoms with Crippen LogP contribution in [0.2, 0.25) is 5.02 Å². The molecule has 5 rings (SSSR count). The number of hydrogen-bond donors (Lipinski definition) is 1. The van der Waals surface area contributed by atoms with Crippen molar-refractivity contribution in [2.75, 3.05) is 16.8 Å². The molecule has 1 aromatic heterocycles. The zero-order valence-electron chi connectivity index (χ0n) is 17.2. The number of fused-ring (bicyclic) bond motifs is 2. The molecule has 1 aliphatic heterocycles. The number of carbonyl (C=O) groups is 2. The summed E-state index contributed by atoms with van der Waals surface area (Å²) in [6.45, 7) is 1.09. The van der Waals surface area contributed by atoms with Gasteiger partial charge in [0, 0.05) is 41.1 Å². The second-order valence-electron chi connectivity index (χ2n) is 7.85. The Balaban J connectivity index is 1.35. The van der Waals surface area contributed by atoms with E-state index in [1.807, 2.05) is 72.8 Å². The summed E-state index contributed by atoms with van der Waals surface area (Å²) >= 11 is 6.00. The van der Waals surface area contributed by atoms with Crippen molar-refractivity contribution in [2.45, 2.75) is 12.5 Å². The number of nitrogens with one attached hydrogen (secondary N) is 1. The fourth-order valence-corrected chi connectivity index (χ4v) is 4.30. The normalized spacial score (nSPS) is 14.9. The Morgan fingerprint density at radius 1 is 1.00 bits per heavy atom. The fraction of sp³-hybridized carbons (Fsp3) is 0.115. The molecule has 0 aliphatic carbocycles. The minimum absolute atomic E-state index is 0.442. The lowest BCUT2D eigenvalue weighted by Crippen LogP contribution is -2.31. The second kappa shape index (κ2) is 8.44. The van der Waals surface area contributed by atoms with E-state index in [0.717, 1.165) is 27.7 Å². The molecule has 5 nitrogen and oxygen atoms in total. The molecule has 1 N–H and O–H groups in total. The maximum absolute atomic E-state index is 13.2. The highest BCUT2D eigenvalue weighted by Crippen LogP contribution is 2.37. The van der Waals surface area contributed by atoms with Crippen molar-refractivity contribution in [2.24, 2.45) is 0 Å². The van der Waals surface area contributed by atoms with Crippen LogP contribution in [-0.2, 0) is 16.1 Å². The van der Waals surface area contributed by atoms with Crippen molar-refractivity contribution >= 4 is 45.6 Å². The summed E-state index contributed by atoms with van der Waals surface area (Å²) < 4.78 is 0. The van der Waals surface area contributed by atoms with E-state index in [1.54, 1.807) is 12.3 Å². The second-order valence-corrected chi connectivity index (χ2v) is 8.28. The fourth-order valence-electron chi connectivity index (χ4n) is 4.18. The maximum Gasteiger partial charge on any atom is 0.292 e. The highest BCUT2D eigenvalue weighted by molar-refractivity contribution is 6.43. The lowest BCUT2D eigenvalue weighted by Gasteiger charge is -2.20. The molecule has 0 spiro atoms. The molecule has 0 fully saturated rings. The van der Waals surface area contributed by atoms with Gasteiger partial charge in [-0.15, -0.1) is 0 Å². The number of ketones is 1. The van der Waals surface area contributed by atoms with E-state index in [9.17, 15) is 9.59 Å². The number of para-hydroxylation sites is 1. The number of hydrogen-bond acceptors (Lipinski definition) is 4. The first kappa shape index (κ1) is 20.2. The molecule has 4 aromatic rings. The van der Waals surface area contributed by atoms with Gasteiger partial charge in [0.15, 0.2) is 0 Å². The Hall–Kier alpha value is -3.70. The Morgan fingerprint density at radius 3 is 2.66 bits per heavy atom. The van der Waals surface area contributed by atoms with Crippen LogP contribution >= 0.6 is 11.6 Å². The molecule has 6 heteroatoms. The molecule has 0 saturated carbocycles. The number of aromatic nitrogens is 1. The average molecular weight is 442 g/mol. The summed E-state index contributed by atoms with van der Waals surface area (Å²) in [7, 11) is 0. The number of halogens is 1. The van der Waals surface area contributed by atoms with Crippen molar-refractivity contribution in [3.05, 3.63) is 101 Å². The largest absolute Gasteiger partial charge is 0.366 e. The predicted octanol–water partition coefficient (Wildman–Crippen LogP) is 5.20. The smallest absolute Gasteiger partial charge is 0.292 e. The van der Waals surface area contributed by atoms with Gasteiger partial charge in [-0.2, -0.15) is 0 Å². The van der Waals surface area contributed by atoms with Gasteiger partial charge >= 0.3 is 0 Å². The minimum atomic E-state index is -0.610. The van der Waals surface area contributed by atoms with Gasteiger partial charge in [-0.1, -0.05) is 48.0 Å². The molecule has 1 atom stereocenters. The number of Topliss-reactive ketones (excluding diaryl/α,β-unsaturated/α-hetero) is 1. The van der Waals surface area contributed by atoms with Crippen LogP contribution in [0.25, 0.3) is 10.9 Å². The predicted molar refractivity (Wildman–Crippen MR) is 127 cm³/mol. The van der Waals surface area contributed by atoms with Crippen LogP contribution in [0.15, 0.2) is 85.1 Å². The highest BCUT2D eigenvalue weighted by atomic mass is 35.5. The van der Waals surface area contributed by atoms with Crippen LogP contribution in [-0.4, -0.2) is 23.2 Å². The van der Waals surface area contributed by atoms with Crippen molar-refractivity contribution in [3.63, 3.8) is 0 Å². The molecule has 1 unspecified atom stereocenters. The lowest BCUT2D eigenvalue weighted by atomic mass is 9.96. The van der Waals surface area contributed by atoms with Crippen LogP contribution < -0.4 is 10.2 Å². The van der Waals surface area contributed by atoms with E-state index >= 15 is 0 Å². The molecular formula is C26H20ClN3O2. The number of pyridine rings is 1. The molecule has 1 aliphatic rings. The quantitative estimate of drug-likeness (QED) is 0.432. The van der Waals surface area contributed by atoms with Crippen LogP contribution in [0.1, 0.15) is 17.0 Å². The number of rotatable bonds is 5. The summed E-state index contributed by atoms with van der Waals surface area (Å²) in [5.41, 5.74) is 4.36. The van der Waals surface area contributed by atoms with Crippen LogP contribution in [0.4, 0.5) is 11.4 Å². The first-order chi connectivity index (χ1) is 15.6. The maximum atomic E-state index is 13.2. The van der Waals surface area contributed by atoms with E-state index in [-0.39, 0.29) is 0 Å². The van der Waals surface area contributed by atoms with E-state index in [2.05, 4.69) is 15.2 Å². The van der Waals surface area contributed by atoms with Gasteiger partial charge in [-0.25, -0.2) is 0 Å². The van der Waals surface area contributed by atoms with Gasteiger partial charge < -0.3 is 10.2 Å². The molecule has 32 heavy (non-hydrogen) atoms. The third-order valence-corrected chi connectivity index (χ3v) is 6.00. The molecule has 0 radical (unpaired) electrons. The number of benzene rings is 3. The van der Waals surface area contributed by atoms with Gasteiger partial charge in [-0.3, -0.25) is 14.6 Å². The molecule has 2 heterocycles. The van der Waals surface area contributed by atoms with Crippen molar-refractivity contribution in [1.29, 1.82) is 0 Å². The van der Waals surface area contributed by atoms with Crippen molar-refractivity contribution in [3.8, 4) is 0 Å². The highest BCUT2D eigenvalue weighted by Gasteiger charge is 2.36. The van der Waals surface area contributed by atoms with Gasteiger partial charge in [0.2, 0.25) is 5.78 Å². The molecular weight excluding hydrogens is 422 g/mol.